The molecule has 0 aliphatic carbocycles. The number of fused-ring (bicyclic) bond motifs is 1. The summed E-state index contributed by atoms with van der Waals surface area (Å²) in [6, 6.07) is 5.36. The van der Waals surface area contributed by atoms with Crippen LogP contribution in [0.1, 0.15) is 23.2 Å². The van der Waals surface area contributed by atoms with Crippen molar-refractivity contribution in [3.63, 3.8) is 0 Å². The number of methoxy groups -OCH3 is 2. The third kappa shape index (κ3) is 4.26. The fraction of sp³-hybridized carbons (Fsp3) is 0.389. The summed E-state index contributed by atoms with van der Waals surface area (Å²) in [4.78, 5) is 17.0. The van der Waals surface area contributed by atoms with Crippen molar-refractivity contribution in [2.24, 2.45) is 0 Å². The van der Waals surface area contributed by atoms with E-state index in [9.17, 15) is 13.2 Å². The molecule has 0 amide bonds. The minimum absolute atomic E-state index is 0.108. The van der Waals surface area contributed by atoms with Gasteiger partial charge in [-0.2, -0.15) is 9.61 Å². The number of sulfonamides is 1. The van der Waals surface area contributed by atoms with E-state index in [4.69, 9.17) is 9.47 Å². The predicted octanol–water partition coefficient (Wildman–Crippen LogP) is 1.56. The van der Waals surface area contributed by atoms with Gasteiger partial charge in [-0.1, -0.05) is 24.3 Å². The summed E-state index contributed by atoms with van der Waals surface area (Å²) < 4.78 is 39.5. The van der Waals surface area contributed by atoms with Crippen LogP contribution in [0, 0.1) is 6.92 Å². The summed E-state index contributed by atoms with van der Waals surface area (Å²) in [5, 5.41) is 4.86. The molecule has 0 aliphatic rings. The maximum absolute atomic E-state index is 12.8. The molecule has 0 bridgehead atoms. The molecule has 0 aliphatic heterocycles. The summed E-state index contributed by atoms with van der Waals surface area (Å²) in [5.41, 5.74) is 0.321. The van der Waals surface area contributed by atoms with E-state index >= 15 is 0 Å². The zero-order chi connectivity index (χ0) is 21.2. The zero-order valence-corrected chi connectivity index (χ0v) is 18.2. The Morgan fingerprint density at radius 2 is 1.93 bits per heavy atom. The van der Waals surface area contributed by atoms with Crippen molar-refractivity contribution in [3.05, 3.63) is 44.8 Å². The largest absolute Gasteiger partial charge is 0.493 e. The Labute approximate surface area is 172 Å². The third-order valence-corrected chi connectivity index (χ3v) is 6.95. The van der Waals surface area contributed by atoms with Crippen LogP contribution >= 0.6 is 11.3 Å². The monoisotopic (exact) mass is 438 g/mol. The highest BCUT2D eigenvalue weighted by atomic mass is 32.2. The maximum atomic E-state index is 12.8. The number of rotatable bonds is 8. The molecule has 0 unspecified atom stereocenters. The van der Waals surface area contributed by atoms with Gasteiger partial charge in [-0.3, -0.25) is 4.79 Å². The van der Waals surface area contributed by atoms with Crippen LogP contribution in [0.25, 0.3) is 4.96 Å². The molecule has 0 radical (unpaired) electrons. The summed E-state index contributed by atoms with van der Waals surface area (Å²) in [6.45, 7) is 3.52. The second-order valence-electron chi connectivity index (χ2n) is 6.21. The fourth-order valence-corrected chi connectivity index (χ4v) is 5.00. The number of nitrogens with one attached hydrogen (secondary N) is 1. The van der Waals surface area contributed by atoms with Crippen LogP contribution in [-0.4, -0.2) is 43.8 Å². The topological polar surface area (TPSA) is 112 Å². The highest BCUT2D eigenvalue weighted by Gasteiger charge is 2.25. The molecule has 0 atom stereocenters. The van der Waals surface area contributed by atoms with Gasteiger partial charge in [0.05, 0.1) is 19.9 Å². The van der Waals surface area contributed by atoms with Crippen molar-refractivity contribution in [2.45, 2.75) is 31.6 Å². The minimum atomic E-state index is -4.05. The second kappa shape index (κ2) is 8.47. The van der Waals surface area contributed by atoms with Crippen LogP contribution in [0.15, 0.2) is 27.9 Å². The molecule has 29 heavy (non-hydrogen) atoms. The summed E-state index contributed by atoms with van der Waals surface area (Å²) in [5.74, 6) is 1.15. The lowest BCUT2D eigenvalue weighted by Crippen LogP contribution is -2.33. The van der Waals surface area contributed by atoms with Crippen LogP contribution < -0.4 is 19.8 Å². The molecule has 2 heterocycles. The average Bonchev–Trinajstić information content (AvgIpc) is 3.11. The van der Waals surface area contributed by atoms with E-state index in [0.717, 1.165) is 10.1 Å². The van der Waals surface area contributed by atoms with E-state index in [1.807, 2.05) is 13.0 Å². The van der Waals surface area contributed by atoms with Crippen LogP contribution in [0.3, 0.4) is 0 Å². The molecule has 9 nitrogen and oxygen atoms in total. The van der Waals surface area contributed by atoms with E-state index in [2.05, 4.69) is 14.8 Å². The van der Waals surface area contributed by atoms with Gasteiger partial charge in [0.2, 0.25) is 15.0 Å². The zero-order valence-electron chi connectivity index (χ0n) is 16.6. The van der Waals surface area contributed by atoms with Crippen molar-refractivity contribution >= 4 is 26.3 Å². The van der Waals surface area contributed by atoms with E-state index in [-0.39, 0.29) is 17.1 Å². The predicted molar refractivity (Wildman–Crippen MR) is 110 cm³/mol. The number of benzene rings is 1. The Morgan fingerprint density at radius 3 is 2.59 bits per heavy atom. The van der Waals surface area contributed by atoms with E-state index in [1.54, 1.807) is 19.2 Å². The average molecular weight is 439 g/mol. The SMILES string of the molecule is CCc1nn2c(=O)c(S(=O)(=O)NCCc3ccc(OC)c(OC)c3)c(C)nc2s1. The maximum Gasteiger partial charge on any atom is 0.295 e. The highest BCUT2D eigenvalue weighted by molar-refractivity contribution is 7.89. The van der Waals surface area contributed by atoms with Gasteiger partial charge in [-0.25, -0.2) is 18.1 Å². The van der Waals surface area contributed by atoms with Gasteiger partial charge in [-0.05, 0) is 37.5 Å². The Balaban J connectivity index is 1.82. The number of aromatic nitrogens is 3. The van der Waals surface area contributed by atoms with Crippen molar-refractivity contribution in [3.8, 4) is 11.5 Å². The summed E-state index contributed by atoms with van der Waals surface area (Å²) in [7, 11) is -0.968. The van der Waals surface area contributed by atoms with Crippen molar-refractivity contribution in [2.75, 3.05) is 20.8 Å². The van der Waals surface area contributed by atoms with Crippen molar-refractivity contribution in [1.29, 1.82) is 0 Å². The van der Waals surface area contributed by atoms with Crippen molar-refractivity contribution < 1.29 is 17.9 Å². The smallest absolute Gasteiger partial charge is 0.295 e. The van der Waals surface area contributed by atoms with Gasteiger partial charge in [0.1, 0.15) is 5.01 Å². The highest BCUT2D eigenvalue weighted by Crippen LogP contribution is 2.27. The fourth-order valence-electron chi connectivity index (χ4n) is 2.86. The lowest BCUT2D eigenvalue weighted by molar-refractivity contribution is 0.354. The van der Waals surface area contributed by atoms with Gasteiger partial charge in [0.15, 0.2) is 16.4 Å². The lowest BCUT2D eigenvalue weighted by atomic mass is 10.1. The molecular weight excluding hydrogens is 416 g/mol. The first kappa shape index (κ1) is 21.2. The summed E-state index contributed by atoms with van der Waals surface area (Å²) >= 11 is 1.27. The number of ether oxygens (including phenoxy) is 2. The molecular formula is C18H22N4O5S2. The van der Waals surface area contributed by atoms with Gasteiger partial charge in [0, 0.05) is 6.54 Å². The molecule has 0 saturated carbocycles. The Bertz CT molecular complexity index is 1200. The Morgan fingerprint density at radius 1 is 1.21 bits per heavy atom. The number of nitrogens with zero attached hydrogens (tertiary/aromatic N) is 3. The molecule has 2 aromatic heterocycles. The normalized spacial score (nSPS) is 11.7. The molecule has 11 heteroatoms. The van der Waals surface area contributed by atoms with Gasteiger partial charge in [-0.15, -0.1) is 0 Å². The molecule has 1 aromatic carbocycles. The quantitative estimate of drug-likeness (QED) is 0.568. The molecule has 3 rings (SSSR count). The van der Waals surface area contributed by atoms with Crippen molar-refractivity contribution in [1.82, 2.24) is 19.3 Å². The third-order valence-electron chi connectivity index (χ3n) is 4.31. The molecule has 0 spiro atoms. The van der Waals surface area contributed by atoms with Crippen LogP contribution in [-0.2, 0) is 22.9 Å². The second-order valence-corrected chi connectivity index (χ2v) is 8.96. The first-order valence-corrected chi connectivity index (χ1v) is 11.2. The summed E-state index contributed by atoms with van der Waals surface area (Å²) in [6.07, 6.45) is 1.05. The molecule has 0 fully saturated rings. The standard InChI is InChI=1S/C18H22N4O5S2/c1-5-15-21-22-17(23)16(11(2)20-18(22)28-15)29(24,25)19-9-8-12-6-7-13(26-3)14(10-12)27-4/h6-7,10,19H,5,8-9H2,1-4H3. The molecule has 3 aromatic rings. The van der Waals surface area contributed by atoms with Gasteiger partial charge < -0.3 is 9.47 Å². The Hall–Kier alpha value is -2.50. The van der Waals surface area contributed by atoms with Gasteiger partial charge in [0.25, 0.3) is 5.56 Å². The number of hydrogen-bond donors (Lipinski definition) is 1. The van der Waals surface area contributed by atoms with Crippen LogP contribution in [0.4, 0.5) is 0 Å². The lowest BCUT2D eigenvalue weighted by Gasteiger charge is -2.11. The minimum Gasteiger partial charge on any atom is -0.493 e. The van der Waals surface area contributed by atoms with Crippen LogP contribution in [0.5, 0.6) is 11.5 Å². The van der Waals surface area contributed by atoms with Gasteiger partial charge >= 0.3 is 0 Å². The molecule has 1 N–H and O–H groups in total. The first-order chi connectivity index (χ1) is 13.8. The van der Waals surface area contributed by atoms with E-state index in [1.165, 1.54) is 25.4 Å². The number of hydrogen-bond acceptors (Lipinski definition) is 8. The molecule has 0 saturated heterocycles. The molecule has 156 valence electrons. The number of aryl methyl sites for hydroxylation is 2. The van der Waals surface area contributed by atoms with E-state index < -0.39 is 15.6 Å². The van der Waals surface area contributed by atoms with E-state index in [0.29, 0.717) is 34.3 Å². The Kier molecular flexibility index (Phi) is 6.20. The van der Waals surface area contributed by atoms with Crippen LogP contribution in [0.2, 0.25) is 0 Å². The first-order valence-electron chi connectivity index (χ1n) is 8.90.